The molecule has 0 atom stereocenters. The van der Waals surface area contributed by atoms with Gasteiger partial charge in [-0.2, -0.15) is 0 Å². The third-order valence-corrected chi connectivity index (χ3v) is 4.86. The molecule has 140 valence electrons. The topological polar surface area (TPSA) is 49.4 Å². The first-order valence-corrected chi connectivity index (χ1v) is 9.14. The highest BCUT2D eigenvalue weighted by molar-refractivity contribution is 6.07. The van der Waals surface area contributed by atoms with Gasteiger partial charge in [0.25, 0.3) is 11.8 Å². The number of hydrogen-bond acceptors (Lipinski definition) is 2. The van der Waals surface area contributed by atoms with Crippen LogP contribution in [0.2, 0.25) is 0 Å². The number of nitrogens with one attached hydrogen (secondary N) is 1. The maximum absolute atomic E-state index is 13.0. The van der Waals surface area contributed by atoms with Crippen molar-refractivity contribution in [2.45, 2.75) is 13.0 Å². The molecule has 0 radical (unpaired) electrons. The third kappa shape index (κ3) is 3.64. The number of halogens is 1. The summed E-state index contributed by atoms with van der Waals surface area (Å²) in [7, 11) is 0. The molecule has 0 aliphatic carbocycles. The average molecular weight is 374 g/mol. The fourth-order valence-corrected chi connectivity index (χ4v) is 3.40. The number of fused-ring (bicyclic) bond motifs is 1. The van der Waals surface area contributed by atoms with Gasteiger partial charge in [-0.15, -0.1) is 0 Å². The molecule has 28 heavy (non-hydrogen) atoms. The molecule has 4 nitrogen and oxygen atoms in total. The van der Waals surface area contributed by atoms with Crippen molar-refractivity contribution in [1.82, 2.24) is 5.32 Å². The summed E-state index contributed by atoms with van der Waals surface area (Å²) in [5, 5.41) is 2.84. The Morgan fingerprint density at radius 3 is 2.43 bits per heavy atom. The summed E-state index contributed by atoms with van der Waals surface area (Å²) in [6.45, 7) is 1.02. The molecule has 1 heterocycles. The van der Waals surface area contributed by atoms with Crippen LogP contribution in [0.4, 0.5) is 10.1 Å². The van der Waals surface area contributed by atoms with Crippen molar-refractivity contribution in [1.29, 1.82) is 0 Å². The molecule has 0 fully saturated rings. The summed E-state index contributed by atoms with van der Waals surface area (Å²) in [6.07, 6.45) is 0.785. The highest BCUT2D eigenvalue weighted by Gasteiger charge is 2.25. The predicted octanol–water partition coefficient (Wildman–Crippen LogP) is 3.96. The van der Waals surface area contributed by atoms with E-state index < -0.39 is 0 Å². The molecule has 0 saturated carbocycles. The molecule has 3 aromatic rings. The molecule has 0 spiro atoms. The molecule has 1 N–H and O–H groups in total. The summed E-state index contributed by atoms with van der Waals surface area (Å²) < 4.78 is 13.0. The number of carbonyl (C=O) groups excluding carboxylic acids is 2. The first-order chi connectivity index (χ1) is 13.6. The average Bonchev–Trinajstić information content (AvgIpc) is 3.16. The summed E-state index contributed by atoms with van der Waals surface area (Å²) in [6, 6.07) is 20.6. The second-order valence-corrected chi connectivity index (χ2v) is 6.73. The van der Waals surface area contributed by atoms with Gasteiger partial charge in [0, 0.05) is 29.9 Å². The molecule has 0 unspecified atom stereocenters. The van der Waals surface area contributed by atoms with Gasteiger partial charge in [0.05, 0.1) is 0 Å². The van der Waals surface area contributed by atoms with Crippen molar-refractivity contribution < 1.29 is 14.0 Å². The van der Waals surface area contributed by atoms with E-state index in [0.717, 1.165) is 23.2 Å². The Kier molecular flexibility index (Phi) is 4.89. The van der Waals surface area contributed by atoms with Gasteiger partial charge in [-0.25, -0.2) is 4.39 Å². The first-order valence-electron chi connectivity index (χ1n) is 9.14. The minimum Gasteiger partial charge on any atom is -0.348 e. The predicted molar refractivity (Wildman–Crippen MR) is 106 cm³/mol. The van der Waals surface area contributed by atoms with E-state index in [9.17, 15) is 14.0 Å². The van der Waals surface area contributed by atoms with Gasteiger partial charge in [0.1, 0.15) is 5.82 Å². The third-order valence-electron chi connectivity index (χ3n) is 4.86. The Morgan fingerprint density at radius 2 is 1.68 bits per heavy atom. The Hall–Kier alpha value is -3.47. The van der Waals surface area contributed by atoms with Gasteiger partial charge >= 0.3 is 0 Å². The molecule has 5 heteroatoms. The normalized spacial score (nSPS) is 12.5. The van der Waals surface area contributed by atoms with E-state index in [2.05, 4.69) is 5.32 Å². The van der Waals surface area contributed by atoms with Crippen LogP contribution in [0.25, 0.3) is 0 Å². The van der Waals surface area contributed by atoms with Crippen molar-refractivity contribution in [2.24, 2.45) is 0 Å². The zero-order valence-electron chi connectivity index (χ0n) is 15.2. The molecular weight excluding hydrogens is 355 g/mol. The van der Waals surface area contributed by atoms with Crippen molar-refractivity contribution in [2.75, 3.05) is 11.4 Å². The standard InChI is InChI=1S/C23H19FN2O2/c24-20-9-7-17(8-10-20)22(27)25-15-16-6-11-21-19(14-16)12-13-26(21)23(28)18-4-2-1-3-5-18/h1-11,14H,12-13,15H2,(H,25,27). The van der Waals surface area contributed by atoms with Gasteiger partial charge in [0.2, 0.25) is 0 Å². The van der Waals surface area contributed by atoms with Crippen LogP contribution in [0.15, 0.2) is 72.8 Å². The van der Waals surface area contributed by atoms with Gasteiger partial charge in [-0.3, -0.25) is 9.59 Å². The highest BCUT2D eigenvalue weighted by atomic mass is 19.1. The van der Waals surface area contributed by atoms with Crippen LogP contribution in [0, 0.1) is 5.82 Å². The SMILES string of the molecule is O=C(NCc1ccc2c(c1)CCN2C(=O)c1ccccc1)c1ccc(F)cc1. The van der Waals surface area contributed by atoms with Crippen molar-refractivity contribution in [3.8, 4) is 0 Å². The van der Waals surface area contributed by atoms with Crippen LogP contribution >= 0.6 is 0 Å². The van der Waals surface area contributed by atoms with Gasteiger partial charge in [-0.1, -0.05) is 30.3 Å². The molecule has 1 aliphatic heterocycles. The summed E-state index contributed by atoms with van der Waals surface area (Å²) in [5.41, 5.74) is 4.07. The molecular formula is C23H19FN2O2. The molecule has 2 amide bonds. The lowest BCUT2D eigenvalue weighted by atomic mass is 10.1. The number of carbonyl (C=O) groups is 2. The van der Waals surface area contributed by atoms with Crippen LogP contribution in [-0.4, -0.2) is 18.4 Å². The molecule has 0 bridgehead atoms. The fourth-order valence-electron chi connectivity index (χ4n) is 3.40. The van der Waals surface area contributed by atoms with Gasteiger partial charge in [-0.05, 0) is 60.0 Å². The quantitative estimate of drug-likeness (QED) is 0.752. The van der Waals surface area contributed by atoms with Crippen molar-refractivity contribution in [3.63, 3.8) is 0 Å². The lowest BCUT2D eigenvalue weighted by Gasteiger charge is -2.17. The maximum Gasteiger partial charge on any atom is 0.258 e. The van der Waals surface area contributed by atoms with Crippen molar-refractivity contribution in [3.05, 3.63) is 101 Å². The van der Waals surface area contributed by atoms with E-state index in [1.165, 1.54) is 24.3 Å². The minimum atomic E-state index is -0.371. The number of nitrogens with zero attached hydrogens (tertiary/aromatic N) is 1. The number of benzene rings is 3. The summed E-state index contributed by atoms with van der Waals surface area (Å²) >= 11 is 0. The van der Waals surface area contributed by atoms with Crippen LogP contribution in [0.1, 0.15) is 31.8 Å². The molecule has 0 aromatic heterocycles. The van der Waals surface area contributed by atoms with Crippen LogP contribution < -0.4 is 10.2 Å². The second kappa shape index (κ2) is 7.64. The monoisotopic (exact) mass is 374 g/mol. The first kappa shape index (κ1) is 17.9. The summed E-state index contributed by atoms with van der Waals surface area (Å²) in [4.78, 5) is 26.7. The second-order valence-electron chi connectivity index (χ2n) is 6.73. The van der Waals surface area contributed by atoms with E-state index in [1.54, 1.807) is 4.90 Å². The van der Waals surface area contributed by atoms with Gasteiger partial charge in [0.15, 0.2) is 0 Å². The number of anilines is 1. The van der Waals surface area contributed by atoms with E-state index in [1.807, 2.05) is 48.5 Å². The Labute approximate surface area is 162 Å². The Morgan fingerprint density at radius 1 is 0.929 bits per heavy atom. The minimum absolute atomic E-state index is 0.00304. The van der Waals surface area contributed by atoms with Crippen LogP contribution in [-0.2, 0) is 13.0 Å². The smallest absolute Gasteiger partial charge is 0.258 e. The molecule has 3 aromatic carbocycles. The number of amides is 2. The zero-order valence-corrected chi connectivity index (χ0v) is 15.2. The lowest BCUT2D eigenvalue weighted by Crippen LogP contribution is -2.28. The highest BCUT2D eigenvalue weighted by Crippen LogP contribution is 2.30. The van der Waals surface area contributed by atoms with E-state index in [4.69, 9.17) is 0 Å². The molecule has 0 saturated heterocycles. The Balaban J connectivity index is 1.44. The maximum atomic E-state index is 13.0. The van der Waals surface area contributed by atoms with Crippen LogP contribution in [0.3, 0.4) is 0 Å². The van der Waals surface area contributed by atoms with E-state index in [-0.39, 0.29) is 17.6 Å². The van der Waals surface area contributed by atoms with Gasteiger partial charge < -0.3 is 10.2 Å². The Bertz CT molecular complexity index is 1020. The summed E-state index contributed by atoms with van der Waals surface area (Å²) in [5.74, 6) is -0.622. The van der Waals surface area contributed by atoms with E-state index >= 15 is 0 Å². The fraction of sp³-hybridized carbons (Fsp3) is 0.130. The van der Waals surface area contributed by atoms with Crippen LogP contribution in [0.5, 0.6) is 0 Å². The van der Waals surface area contributed by atoms with E-state index in [0.29, 0.717) is 24.2 Å². The largest absolute Gasteiger partial charge is 0.348 e. The molecule has 1 aliphatic rings. The zero-order chi connectivity index (χ0) is 19.5. The number of rotatable bonds is 4. The molecule has 4 rings (SSSR count). The van der Waals surface area contributed by atoms with Crippen molar-refractivity contribution >= 4 is 17.5 Å². The lowest BCUT2D eigenvalue weighted by molar-refractivity contribution is 0.0949. The number of hydrogen-bond donors (Lipinski definition) is 1.